The van der Waals surface area contributed by atoms with Crippen molar-refractivity contribution in [3.05, 3.63) is 30.3 Å². The fourth-order valence-corrected chi connectivity index (χ4v) is 4.84. The lowest BCUT2D eigenvalue weighted by atomic mass is 9.96. The Kier molecular flexibility index (Phi) is 5.16. The van der Waals surface area contributed by atoms with Crippen molar-refractivity contribution in [2.75, 3.05) is 19.6 Å². The van der Waals surface area contributed by atoms with Crippen LogP contribution in [0.3, 0.4) is 0 Å². The molecule has 1 saturated heterocycles. The average molecular weight is 322 g/mol. The monoisotopic (exact) mass is 322 g/mol. The lowest BCUT2D eigenvalue weighted by Gasteiger charge is -2.36. The van der Waals surface area contributed by atoms with Crippen LogP contribution in [0, 0.1) is 5.92 Å². The van der Waals surface area contributed by atoms with Gasteiger partial charge < -0.3 is 4.90 Å². The molecule has 122 valence electrons. The number of hydrogen-bond donors (Lipinski definition) is 1. The first-order valence-corrected chi connectivity index (χ1v) is 9.92. The van der Waals surface area contributed by atoms with Crippen LogP contribution in [0.2, 0.25) is 0 Å². The van der Waals surface area contributed by atoms with Crippen LogP contribution < -0.4 is 4.72 Å². The van der Waals surface area contributed by atoms with E-state index in [1.54, 1.807) is 24.3 Å². The van der Waals surface area contributed by atoms with Gasteiger partial charge in [-0.15, -0.1) is 0 Å². The van der Waals surface area contributed by atoms with Gasteiger partial charge in [-0.25, -0.2) is 13.1 Å². The first-order chi connectivity index (χ1) is 10.6. The average Bonchev–Trinajstić information content (AvgIpc) is 3.09. The number of piperidine rings is 1. The molecule has 1 heterocycles. The van der Waals surface area contributed by atoms with Crippen LogP contribution in [0.5, 0.6) is 0 Å². The number of benzene rings is 1. The fraction of sp³-hybridized carbons (Fsp3) is 0.647. The minimum Gasteiger partial charge on any atom is -0.300 e. The Labute approximate surface area is 134 Å². The third-order valence-electron chi connectivity index (χ3n) is 5.11. The summed E-state index contributed by atoms with van der Waals surface area (Å²) in [7, 11) is -3.35. The number of nitrogens with zero attached hydrogens (tertiary/aromatic N) is 1. The van der Waals surface area contributed by atoms with Gasteiger partial charge in [-0.05, 0) is 56.8 Å². The minimum absolute atomic E-state index is 0.360. The Morgan fingerprint density at radius 3 is 2.27 bits per heavy atom. The van der Waals surface area contributed by atoms with E-state index in [1.165, 1.54) is 25.7 Å². The summed E-state index contributed by atoms with van der Waals surface area (Å²) in [6.45, 7) is 2.82. The molecule has 0 bridgehead atoms. The molecule has 0 radical (unpaired) electrons. The van der Waals surface area contributed by atoms with Crippen molar-refractivity contribution in [3.8, 4) is 0 Å². The predicted octanol–water partition coefficient (Wildman–Crippen LogP) is 2.62. The van der Waals surface area contributed by atoms with E-state index < -0.39 is 10.0 Å². The van der Waals surface area contributed by atoms with Crippen molar-refractivity contribution in [1.82, 2.24) is 9.62 Å². The molecular weight excluding hydrogens is 296 g/mol. The smallest absolute Gasteiger partial charge is 0.240 e. The molecule has 4 nitrogen and oxygen atoms in total. The number of rotatable bonds is 5. The van der Waals surface area contributed by atoms with Crippen molar-refractivity contribution >= 4 is 10.0 Å². The minimum atomic E-state index is -3.35. The Balaban J connectivity index is 1.47. The molecule has 22 heavy (non-hydrogen) atoms. The predicted molar refractivity (Wildman–Crippen MR) is 88.2 cm³/mol. The van der Waals surface area contributed by atoms with Gasteiger partial charge in [0, 0.05) is 12.6 Å². The highest BCUT2D eigenvalue weighted by molar-refractivity contribution is 7.89. The van der Waals surface area contributed by atoms with Crippen molar-refractivity contribution in [1.29, 1.82) is 0 Å². The highest BCUT2D eigenvalue weighted by Gasteiger charge is 2.27. The van der Waals surface area contributed by atoms with Crippen LogP contribution in [0.4, 0.5) is 0 Å². The zero-order chi connectivity index (χ0) is 15.4. The molecule has 1 aliphatic carbocycles. The second-order valence-corrected chi connectivity index (χ2v) is 8.35. The van der Waals surface area contributed by atoms with E-state index >= 15 is 0 Å². The maximum Gasteiger partial charge on any atom is 0.240 e. The molecule has 0 amide bonds. The van der Waals surface area contributed by atoms with Gasteiger partial charge in [0.05, 0.1) is 4.90 Å². The quantitative estimate of drug-likeness (QED) is 0.906. The molecule has 0 atom stereocenters. The van der Waals surface area contributed by atoms with E-state index in [0.29, 0.717) is 17.4 Å². The molecule has 0 aromatic heterocycles. The second kappa shape index (κ2) is 7.11. The third kappa shape index (κ3) is 3.89. The SMILES string of the molecule is O=S(=O)(NCC1CCN(C2CCCC2)CC1)c1ccccc1. The van der Waals surface area contributed by atoms with E-state index in [1.807, 2.05) is 6.07 Å². The molecule has 5 heteroatoms. The molecule has 0 unspecified atom stereocenters. The van der Waals surface area contributed by atoms with Gasteiger partial charge in [-0.2, -0.15) is 0 Å². The van der Waals surface area contributed by atoms with Gasteiger partial charge in [-0.1, -0.05) is 31.0 Å². The summed E-state index contributed by atoms with van der Waals surface area (Å²) in [5.74, 6) is 0.469. The molecule has 2 aliphatic rings. The molecule has 1 saturated carbocycles. The Bertz CT molecular complexity index is 560. The summed E-state index contributed by atoms with van der Waals surface area (Å²) in [4.78, 5) is 2.98. The summed E-state index contributed by atoms with van der Waals surface area (Å²) < 4.78 is 27.2. The van der Waals surface area contributed by atoms with Crippen LogP contribution in [-0.4, -0.2) is 39.0 Å². The maximum absolute atomic E-state index is 12.2. The number of sulfonamides is 1. The zero-order valence-corrected chi connectivity index (χ0v) is 13.9. The Hall–Kier alpha value is -0.910. The molecule has 1 aromatic rings. The van der Waals surface area contributed by atoms with E-state index in [2.05, 4.69) is 9.62 Å². The van der Waals surface area contributed by atoms with Crippen LogP contribution in [0.1, 0.15) is 38.5 Å². The highest BCUT2D eigenvalue weighted by atomic mass is 32.2. The van der Waals surface area contributed by atoms with Crippen molar-refractivity contribution < 1.29 is 8.42 Å². The van der Waals surface area contributed by atoms with Gasteiger partial charge in [-0.3, -0.25) is 0 Å². The van der Waals surface area contributed by atoms with Crippen LogP contribution >= 0.6 is 0 Å². The normalized spacial score (nSPS) is 22.2. The Morgan fingerprint density at radius 2 is 1.64 bits per heavy atom. The van der Waals surface area contributed by atoms with Gasteiger partial charge in [0.1, 0.15) is 0 Å². The van der Waals surface area contributed by atoms with Gasteiger partial charge >= 0.3 is 0 Å². The summed E-state index contributed by atoms with van der Waals surface area (Å²) in [6.07, 6.45) is 7.67. The first kappa shape index (κ1) is 16.0. The molecule has 0 spiro atoms. The summed E-state index contributed by atoms with van der Waals surface area (Å²) in [6, 6.07) is 9.43. The van der Waals surface area contributed by atoms with Gasteiger partial charge in [0.2, 0.25) is 10.0 Å². The summed E-state index contributed by atoms with van der Waals surface area (Å²) in [5.41, 5.74) is 0. The van der Waals surface area contributed by atoms with Gasteiger partial charge in [0.25, 0.3) is 0 Å². The van der Waals surface area contributed by atoms with Crippen molar-refractivity contribution in [2.45, 2.75) is 49.5 Å². The van der Waals surface area contributed by atoms with Crippen LogP contribution in [0.25, 0.3) is 0 Å². The van der Waals surface area contributed by atoms with Gasteiger partial charge in [0.15, 0.2) is 0 Å². The van der Waals surface area contributed by atoms with E-state index in [-0.39, 0.29) is 0 Å². The summed E-state index contributed by atoms with van der Waals surface area (Å²) in [5, 5.41) is 0. The van der Waals surface area contributed by atoms with E-state index in [0.717, 1.165) is 32.0 Å². The second-order valence-electron chi connectivity index (χ2n) is 6.58. The molecule has 2 fully saturated rings. The third-order valence-corrected chi connectivity index (χ3v) is 6.55. The van der Waals surface area contributed by atoms with E-state index in [4.69, 9.17) is 0 Å². The molecule has 3 rings (SSSR count). The topological polar surface area (TPSA) is 49.4 Å². The fourth-order valence-electron chi connectivity index (χ4n) is 3.70. The first-order valence-electron chi connectivity index (χ1n) is 8.44. The lowest BCUT2D eigenvalue weighted by molar-refractivity contribution is 0.135. The summed E-state index contributed by atoms with van der Waals surface area (Å²) >= 11 is 0. The largest absolute Gasteiger partial charge is 0.300 e. The molecular formula is C17H26N2O2S. The maximum atomic E-state index is 12.2. The van der Waals surface area contributed by atoms with Crippen LogP contribution in [0.15, 0.2) is 35.2 Å². The van der Waals surface area contributed by atoms with Crippen molar-refractivity contribution in [3.63, 3.8) is 0 Å². The van der Waals surface area contributed by atoms with Crippen LogP contribution in [-0.2, 0) is 10.0 Å². The standard InChI is InChI=1S/C17H26N2O2S/c20-22(21,17-8-2-1-3-9-17)18-14-15-10-12-19(13-11-15)16-6-4-5-7-16/h1-3,8-9,15-16,18H,4-7,10-14H2. The molecule has 1 aliphatic heterocycles. The lowest BCUT2D eigenvalue weighted by Crippen LogP contribution is -2.42. The molecule has 1 aromatic carbocycles. The Morgan fingerprint density at radius 1 is 1.00 bits per heavy atom. The van der Waals surface area contributed by atoms with Crippen molar-refractivity contribution in [2.24, 2.45) is 5.92 Å². The molecule has 1 N–H and O–H groups in total. The highest BCUT2D eigenvalue weighted by Crippen LogP contribution is 2.27. The number of likely N-dealkylation sites (tertiary alicyclic amines) is 1. The number of hydrogen-bond acceptors (Lipinski definition) is 3. The zero-order valence-electron chi connectivity index (χ0n) is 13.1. The number of nitrogens with one attached hydrogen (secondary N) is 1. The van der Waals surface area contributed by atoms with E-state index in [9.17, 15) is 8.42 Å².